The van der Waals surface area contributed by atoms with Crippen LogP contribution >= 0.6 is 0 Å². The topological polar surface area (TPSA) is 117 Å². The Kier molecular flexibility index (Phi) is 6.09. The van der Waals surface area contributed by atoms with E-state index < -0.39 is 47.8 Å². The molecule has 0 saturated carbocycles. The fourth-order valence-corrected chi connectivity index (χ4v) is 2.61. The van der Waals surface area contributed by atoms with Crippen molar-refractivity contribution >= 4 is 18.0 Å². The van der Waals surface area contributed by atoms with Crippen molar-refractivity contribution in [3.63, 3.8) is 0 Å². The van der Waals surface area contributed by atoms with Gasteiger partial charge in [-0.3, -0.25) is 19.1 Å². The van der Waals surface area contributed by atoms with Crippen LogP contribution in [0.25, 0.3) is 6.08 Å². The zero-order chi connectivity index (χ0) is 19.4. The van der Waals surface area contributed by atoms with Crippen molar-refractivity contribution in [3.8, 4) is 0 Å². The fraction of sp³-hybridized carbons (Fsp3) is 0.500. The van der Waals surface area contributed by atoms with Crippen LogP contribution < -0.4 is 11.2 Å². The molecule has 2 heterocycles. The third-order valence-corrected chi connectivity index (χ3v) is 3.84. The lowest BCUT2D eigenvalue weighted by Gasteiger charge is -2.17. The van der Waals surface area contributed by atoms with Crippen LogP contribution in [0.15, 0.2) is 21.9 Å². The molecule has 1 aliphatic heterocycles. The molecule has 4 atom stereocenters. The first-order valence-corrected chi connectivity index (χ1v) is 7.86. The van der Waals surface area contributed by atoms with Gasteiger partial charge in [0.1, 0.15) is 6.10 Å². The summed E-state index contributed by atoms with van der Waals surface area (Å²) < 4.78 is 30.5. The second-order valence-corrected chi connectivity index (χ2v) is 5.60. The Morgan fingerprint density at radius 1 is 1.42 bits per heavy atom. The van der Waals surface area contributed by atoms with Gasteiger partial charge < -0.3 is 14.2 Å². The summed E-state index contributed by atoms with van der Waals surface area (Å²) >= 11 is 0. The lowest BCUT2D eigenvalue weighted by atomic mass is 10.1. The molecule has 0 aromatic carbocycles. The first-order valence-electron chi connectivity index (χ1n) is 7.86. The van der Waals surface area contributed by atoms with Gasteiger partial charge in [0.25, 0.3) is 5.56 Å². The molecule has 0 amide bonds. The number of carbonyl (C=O) groups is 2. The zero-order valence-electron chi connectivity index (χ0n) is 14.4. The molecule has 1 unspecified atom stereocenters. The van der Waals surface area contributed by atoms with Crippen LogP contribution in [0.4, 0.5) is 4.39 Å². The van der Waals surface area contributed by atoms with E-state index in [-0.39, 0.29) is 5.56 Å². The van der Waals surface area contributed by atoms with Gasteiger partial charge in [0, 0.05) is 19.2 Å². The number of nitrogens with zero attached hydrogens (tertiary/aromatic N) is 1. The molecule has 1 fully saturated rings. The number of ether oxygens (including phenoxy) is 3. The number of aromatic nitrogens is 2. The van der Waals surface area contributed by atoms with Crippen molar-refractivity contribution in [2.45, 2.75) is 44.9 Å². The highest BCUT2D eigenvalue weighted by Gasteiger charge is 2.47. The molecule has 142 valence electrons. The Hall–Kier alpha value is -2.75. The highest BCUT2D eigenvalue weighted by Crippen LogP contribution is 2.34. The van der Waals surface area contributed by atoms with Crippen molar-refractivity contribution in [1.29, 1.82) is 0 Å². The number of rotatable bonds is 5. The number of hydrogen-bond acceptors (Lipinski definition) is 7. The molecule has 1 N–H and O–H groups in total. The maximum Gasteiger partial charge on any atom is 0.330 e. The standard InChI is InChI=1S/C16H19FN2O7/c1-4-10-13(25-8(2)20)12(17)15(26-10)19-7-9(5-6-11(21)24-3)14(22)18-16(19)23/h5-7,10,12-13,15H,4H2,1-3H3,(H,18,22,23)/b6-5+/t10-,12?,13+,15-/m1/s1. The van der Waals surface area contributed by atoms with E-state index in [1.165, 1.54) is 0 Å². The van der Waals surface area contributed by atoms with Gasteiger partial charge in [-0.1, -0.05) is 6.92 Å². The minimum absolute atomic E-state index is 0.0743. The van der Waals surface area contributed by atoms with Crippen LogP contribution in [0.5, 0.6) is 0 Å². The first-order chi connectivity index (χ1) is 12.3. The predicted molar refractivity (Wildman–Crippen MR) is 87.0 cm³/mol. The molecule has 9 nitrogen and oxygen atoms in total. The highest BCUT2D eigenvalue weighted by atomic mass is 19.1. The molecule has 0 aliphatic carbocycles. The van der Waals surface area contributed by atoms with E-state index in [1.807, 2.05) is 4.98 Å². The van der Waals surface area contributed by atoms with Crippen LogP contribution in [0.1, 0.15) is 32.1 Å². The van der Waals surface area contributed by atoms with E-state index >= 15 is 0 Å². The van der Waals surface area contributed by atoms with Crippen molar-refractivity contribution in [2.75, 3.05) is 7.11 Å². The summed E-state index contributed by atoms with van der Waals surface area (Å²) in [5.41, 5.74) is -1.73. The number of methoxy groups -OCH3 is 1. The summed E-state index contributed by atoms with van der Waals surface area (Å²) in [6.45, 7) is 2.87. The molecule has 1 aliphatic rings. The minimum Gasteiger partial charge on any atom is -0.466 e. The van der Waals surface area contributed by atoms with Gasteiger partial charge in [-0.25, -0.2) is 14.0 Å². The van der Waals surface area contributed by atoms with Crippen molar-refractivity contribution in [1.82, 2.24) is 9.55 Å². The monoisotopic (exact) mass is 370 g/mol. The molecule has 2 rings (SSSR count). The molecule has 1 aromatic rings. The molecule has 26 heavy (non-hydrogen) atoms. The Labute approximate surface area is 147 Å². The maximum atomic E-state index is 14.8. The molecule has 0 bridgehead atoms. The summed E-state index contributed by atoms with van der Waals surface area (Å²) in [5, 5.41) is 0. The van der Waals surface area contributed by atoms with Crippen LogP contribution in [-0.2, 0) is 23.8 Å². The smallest absolute Gasteiger partial charge is 0.330 e. The van der Waals surface area contributed by atoms with E-state index in [0.717, 1.165) is 36.9 Å². The van der Waals surface area contributed by atoms with Gasteiger partial charge in [-0.05, 0) is 12.5 Å². The third-order valence-electron chi connectivity index (χ3n) is 3.84. The quantitative estimate of drug-likeness (QED) is 0.585. The largest absolute Gasteiger partial charge is 0.466 e. The number of nitrogens with one attached hydrogen (secondary N) is 1. The van der Waals surface area contributed by atoms with Gasteiger partial charge >= 0.3 is 17.6 Å². The van der Waals surface area contributed by atoms with Crippen LogP contribution in [0, 0.1) is 0 Å². The van der Waals surface area contributed by atoms with Crippen LogP contribution in [0.2, 0.25) is 0 Å². The molecular formula is C16H19FN2O7. The number of carbonyl (C=O) groups excluding carboxylic acids is 2. The number of alkyl halides is 1. The van der Waals surface area contributed by atoms with Crippen LogP contribution in [-0.4, -0.2) is 47.0 Å². The molecule has 1 saturated heterocycles. The van der Waals surface area contributed by atoms with Crippen molar-refractivity contribution < 1.29 is 28.2 Å². The number of halogens is 1. The van der Waals surface area contributed by atoms with E-state index in [9.17, 15) is 23.6 Å². The lowest BCUT2D eigenvalue weighted by Crippen LogP contribution is -2.37. The second kappa shape index (κ2) is 8.09. The maximum absolute atomic E-state index is 14.8. The summed E-state index contributed by atoms with van der Waals surface area (Å²) in [5.74, 6) is -1.38. The van der Waals surface area contributed by atoms with Gasteiger partial charge in [-0.2, -0.15) is 0 Å². The fourth-order valence-electron chi connectivity index (χ4n) is 2.61. The normalized spacial score (nSPS) is 25.4. The summed E-state index contributed by atoms with van der Waals surface area (Å²) in [7, 11) is 1.16. The lowest BCUT2D eigenvalue weighted by molar-refractivity contribution is -0.151. The Bertz CT molecular complexity index is 829. The highest BCUT2D eigenvalue weighted by molar-refractivity contribution is 5.86. The average Bonchev–Trinajstić information content (AvgIpc) is 2.89. The molecule has 0 radical (unpaired) electrons. The second-order valence-electron chi connectivity index (χ2n) is 5.60. The zero-order valence-corrected chi connectivity index (χ0v) is 14.4. The Balaban J connectivity index is 2.40. The van der Waals surface area contributed by atoms with Crippen LogP contribution in [0.3, 0.4) is 0 Å². The molecule has 1 aromatic heterocycles. The first kappa shape index (κ1) is 19.6. The van der Waals surface area contributed by atoms with Crippen molar-refractivity contribution in [3.05, 3.63) is 38.7 Å². The Morgan fingerprint density at radius 3 is 2.69 bits per heavy atom. The third kappa shape index (κ3) is 4.07. The molecule has 0 spiro atoms. The predicted octanol–water partition coefficient (Wildman–Crippen LogP) is 0.300. The van der Waals surface area contributed by atoms with E-state index in [2.05, 4.69) is 4.74 Å². The Morgan fingerprint density at radius 2 is 2.12 bits per heavy atom. The summed E-state index contributed by atoms with van der Waals surface area (Å²) in [6.07, 6.45) is -1.59. The minimum atomic E-state index is -1.81. The number of aromatic amines is 1. The number of esters is 2. The van der Waals surface area contributed by atoms with E-state index in [4.69, 9.17) is 9.47 Å². The number of hydrogen-bond donors (Lipinski definition) is 1. The SMILES string of the molecule is CC[C@H]1O[C@@H](n2cc(/C=C/C(=O)OC)c(=O)[nH]c2=O)C(F)[C@H]1OC(C)=O. The van der Waals surface area contributed by atoms with Gasteiger partial charge in [0.05, 0.1) is 12.7 Å². The van der Waals surface area contributed by atoms with Crippen molar-refractivity contribution in [2.24, 2.45) is 0 Å². The average molecular weight is 370 g/mol. The number of H-pyrrole nitrogens is 1. The van der Waals surface area contributed by atoms with E-state index in [0.29, 0.717) is 6.42 Å². The van der Waals surface area contributed by atoms with Gasteiger partial charge in [0.2, 0.25) is 0 Å². The van der Waals surface area contributed by atoms with E-state index in [1.54, 1.807) is 6.92 Å². The van der Waals surface area contributed by atoms with Gasteiger partial charge in [0.15, 0.2) is 18.5 Å². The molecule has 10 heteroatoms. The van der Waals surface area contributed by atoms with Gasteiger partial charge in [-0.15, -0.1) is 0 Å². The molecular weight excluding hydrogens is 351 g/mol. The summed E-state index contributed by atoms with van der Waals surface area (Å²) in [6, 6.07) is 0. The summed E-state index contributed by atoms with van der Waals surface area (Å²) in [4.78, 5) is 48.3.